The van der Waals surface area contributed by atoms with E-state index in [1.165, 1.54) is 0 Å². The molecule has 0 saturated heterocycles. The summed E-state index contributed by atoms with van der Waals surface area (Å²) in [7, 11) is 0. The third-order valence-corrected chi connectivity index (χ3v) is 2.87. The second-order valence-corrected chi connectivity index (χ2v) is 4.52. The number of nitriles is 1. The summed E-state index contributed by atoms with van der Waals surface area (Å²) in [5.41, 5.74) is 1.08. The van der Waals surface area contributed by atoms with E-state index >= 15 is 0 Å². The van der Waals surface area contributed by atoms with Crippen molar-refractivity contribution in [2.75, 3.05) is 6.61 Å². The van der Waals surface area contributed by atoms with Crippen LogP contribution in [0.2, 0.25) is 0 Å². The van der Waals surface area contributed by atoms with Crippen LogP contribution in [0.1, 0.15) is 24.5 Å². The van der Waals surface area contributed by atoms with Crippen molar-refractivity contribution in [1.82, 2.24) is 0 Å². The molecule has 0 unspecified atom stereocenters. The van der Waals surface area contributed by atoms with E-state index in [-0.39, 0.29) is 6.61 Å². The van der Waals surface area contributed by atoms with Crippen LogP contribution in [0.25, 0.3) is 0 Å². The van der Waals surface area contributed by atoms with Gasteiger partial charge in [0, 0.05) is 0 Å². The number of hydrogen-bond acceptors (Lipinski definition) is 4. The SMILES string of the molecule is CCCOc1ccc(Oc2ccc(CO)cc2C#N)cc1. The van der Waals surface area contributed by atoms with Gasteiger partial charge in [-0.1, -0.05) is 13.0 Å². The molecule has 2 aromatic carbocycles. The van der Waals surface area contributed by atoms with Crippen molar-refractivity contribution in [2.45, 2.75) is 20.0 Å². The monoisotopic (exact) mass is 283 g/mol. The molecular formula is C17H17NO3. The molecule has 0 spiro atoms. The van der Waals surface area contributed by atoms with Gasteiger partial charge in [-0.25, -0.2) is 0 Å². The molecule has 0 aliphatic rings. The fraction of sp³-hybridized carbons (Fsp3) is 0.235. The lowest BCUT2D eigenvalue weighted by Crippen LogP contribution is -1.95. The number of ether oxygens (including phenoxy) is 2. The van der Waals surface area contributed by atoms with Crippen molar-refractivity contribution < 1.29 is 14.6 Å². The zero-order chi connectivity index (χ0) is 15.1. The molecule has 108 valence electrons. The van der Waals surface area contributed by atoms with Gasteiger partial charge < -0.3 is 14.6 Å². The fourth-order valence-corrected chi connectivity index (χ4v) is 1.80. The van der Waals surface area contributed by atoms with Crippen molar-refractivity contribution in [3.8, 4) is 23.3 Å². The number of rotatable bonds is 6. The van der Waals surface area contributed by atoms with Gasteiger partial charge in [-0.15, -0.1) is 0 Å². The second-order valence-electron chi connectivity index (χ2n) is 4.52. The minimum atomic E-state index is -0.0988. The first-order valence-electron chi connectivity index (χ1n) is 6.81. The highest BCUT2D eigenvalue weighted by Gasteiger charge is 2.06. The van der Waals surface area contributed by atoms with Crippen LogP contribution in [0.5, 0.6) is 17.2 Å². The van der Waals surface area contributed by atoms with Crippen LogP contribution in [0.4, 0.5) is 0 Å². The first-order valence-corrected chi connectivity index (χ1v) is 6.81. The maximum absolute atomic E-state index is 9.13. The van der Waals surface area contributed by atoms with E-state index in [0.29, 0.717) is 29.2 Å². The summed E-state index contributed by atoms with van der Waals surface area (Å²) in [6.45, 7) is 2.64. The average molecular weight is 283 g/mol. The van der Waals surface area contributed by atoms with Gasteiger partial charge >= 0.3 is 0 Å². The van der Waals surface area contributed by atoms with E-state index in [4.69, 9.17) is 19.8 Å². The lowest BCUT2D eigenvalue weighted by atomic mass is 10.1. The quantitative estimate of drug-likeness (QED) is 0.879. The standard InChI is InChI=1S/C17H17NO3/c1-2-9-20-15-4-6-16(7-5-15)21-17-8-3-13(12-19)10-14(17)11-18/h3-8,10,19H,2,9,12H2,1H3. The minimum absolute atomic E-state index is 0.0988. The van der Waals surface area contributed by atoms with E-state index in [9.17, 15) is 0 Å². The van der Waals surface area contributed by atoms with Crippen LogP contribution in [-0.4, -0.2) is 11.7 Å². The third kappa shape index (κ3) is 3.98. The molecule has 0 amide bonds. The van der Waals surface area contributed by atoms with Gasteiger partial charge in [0.25, 0.3) is 0 Å². The normalized spacial score (nSPS) is 9.95. The van der Waals surface area contributed by atoms with E-state index in [1.54, 1.807) is 30.3 Å². The van der Waals surface area contributed by atoms with Gasteiger partial charge in [-0.05, 0) is 48.4 Å². The Morgan fingerprint density at radius 2 is 1.81 bits per heavy atom. The molecule has 0 aromatic heterocycles. The number of nitrogens with zero attached hydrogens (tertiary/aromatic N) is 1. The van der Waals surface area contributed by atoms with Crippen molar-refractivity contribution >= 4 is 0 Å². The van der Waals surface area contributed by atoms with E-state index < -0.39 is 0 Å². The molecule has 0 radical (unpaired) electrons. The van der Waals surface area contributed by atoms with Gasteiger partial charge in [-0.3, -0.25) is 0 Å². The van der Waals surface area contributed by atoms with E-state index in [2.05, 4.69) is 13.0 Å². The summed E-state index contributed by atoms with van der Waals surface area (Å²) in [5, 5.41) is 18.2. The van der Waals surface area contributed by atoms with Crippen LogP contribution in [0.15, 0.2) is 42.5 Å². The maximum atomic E-state index is 9.13. The zero-order valence-electron chi connectivity index (χ0n) is 11.9. The van der Waals surface area contributed by atoms with Gasteiger partial charge in [0.1, 0.15) is 23.3 Å². The number of aliphatic hydroxyl groups is 1. The summed E-state index contributed by atoms with van der Waals surface area (Å²) in [6.07, 6.45) is 0.959. The predicted molar refractivity (Wildman–Crippen MR) is 79.4 cm³/mol. The highest BCUT2D eigenvalue weighted by atomic mass is 16.5. The molecule has 0 saturated carbocycles. The maximum Gasteiger partial charge on any atom is 0.145 e. The molecule has 0 aliphatic heterocycles. The second kappa shape index (κ2) is 7.32. The van der Waals surface area contributed by atoms with Crippen LogP contribution in [0, 0.1) is 11.3 Å². The Bertz CT molecular complexity index is 629. The summed E-state index contributed by atoms with van der Waals surface area (Å²) in [6, 6.07) is 14.4. The van der Waals surface area contributed by atoms with Crippen LogP contribution < -0.4 is 9.47 Å². The first-order chi connectivity index (χ1) is 10.3. The largest absolute Gasteiger partial charge is 0.494 e. The Morgan fingerprint density at radius 1 is 1.10 bits per heavy atom. The topological polar surface area (TPSA) is 62.5 Å². The van der Waals surface area contributed by atoms with Crippen molar-refractivity contribution in [2.24, 2.45) is 0 Å². The molecule has 2 aromatic rings. The Balaban J connectivity index is 2.13. The van der Waals surface area contributed by atoms with Crippen molar-refractivity contribution in [1.29, 1.82) is 5.26 Å². The molecule has 0 atom stereocenters. The first kappa shape index (κ1) is 14.9. The Hall–Kier alpha value is -2.51. The molecule has 1 N–H and O–H groups in total. The highest BCUT2D eigenvalue weighted by molar-refractivity contribution is 5.47. The Morgan fingerprint density at radius 3 is 2.43 bits per heavy atom. The Kier molecular flexibility index (Phi) is 5.19. The van der Waals surface area contributed by atoms with E-state index in [0.717, 1.165) is 12.2 Å². The highest BCUT2D eigenvalue weighted by Crippen LogP contribution is 2.27. The van der Waals surface area contributed by atoms with Crippen molar-refractivity contribution in [3.63, 3.8) is 0 Å². The van der Waals surface area contributed by atoms with Gasteiger partial charge in [0.05, 0.1) is 18.8 Å². The fourth-order valence-electron chi connectivity index (χ4n) is 1.80. The molecule has 4 nitrogen and oxygen atoms in total. The van der Waals surface area contributed by atoms with Crippen LogP contribution in [-0.2, 0) is 6.61 Å². The molecule has 4 heteroatoms. The van der Waals surface area contributed by atoms with Crippen molar-refractivity contribution in [3.05, 3.63) is 53.6 Å². The Labute approximate surface area is 124 Å². The smallest absolute Gasteiger partial charge is 0.145 e. The number of hydrogen-bond donors (Lipinski definition) is 1. The van der Waals surface area contributed by atoms with Gasteiger partial charge in [-0.2, -0.15) is 5.26 Å². The molecule has 0 aliphatic carbocycles. The summed E-state index contributed by atoms with van der Waals surface area (Å²) >= 11 is 0. The van der Waals surface area contributed by atoms with Crippen LogP contribution >= 0.6 is 0 Å². The molecule has 2 rings (SSSR count). The summed E-state index contributed by atoms with van der Waals surface area (Å²) < 4.78 is 11.2. The lowest BCUT2D eigenvalue weighted by Gasteiger charge is -2.09. The summed E-state index contributed by atoms with van der Waals surface area (Å²) in [5.74, 6) is 1.89. The summed E-state index contributed by atoms with van der Waals surface area (Å²) in [4.78, 5) is 0. The van der Waals surface area contributed by atoms with Gasteiger partial charge in [0.15, 0.2) is 0 Å². The molecule has 0 fully saturated rings. The minimum Gasteiger partial charge on any atom is -0.494 e. The van der Waals surface area contributed by atoms with Gasteiger partial charge in [0.2, 0.25) is 0 Å². The molecular weight excluding hydrogens is 266 g/mol. The third-order valence-electron chi connectivity index (χ3n) is 2.87. The number of benzene rings is 2. The number of aliphatic hydroxyl groups excluding tert-OH is 1. The molecule has 0 bridgehead atoms. The zero-order valence-corrected chi connectivity index (χ0v) is 11.9. The average Bonchev–Trinajstić information content (AvgIpc) is 2.54. The molecule has 0 heterocycles. The van der Waals surface area contributed by atoms with Crippen LogP contribution in [0.3, 0.4) is 0 Å². The lowest BCUT2D eigenvalue weighted by molar-refractivity contribution is 0.281. The van der Waals surface area contributed by atoms with E-state index in [1.807, 2.05) is 12.1 Å². The molecule has 21 heavy (non-hydrogen) atoms. The predicted octanol–water partition coefficient (Wildman–Crippen LogP) is 3.63.